The van der Waals surface area contributed by atoms with Crippen LogP contribution in [-0.4, -0.2) is 37.6 Å². The van der Waals surface area contributed by atoms with Crippen LogP contribution >= 0.6 is 0 Å². The van der Waals surface area contributed by atoms with E-state index in [2.05, 4.69) is 32.9 Å². The third-order valence-corrected chi connectivity index (χ3v) is 2.63. The normalized spacial score (nSPS) is 11.2. The van der Waals surface area contributed by atoms with E-state index in [0.29, 0.717) is 0 Å². The van der Waals surface area contributed by atoms with Crippen molar-refractivity contribution in [2.45, 2.75) is 26.2 Å². The second-order valence-electron chi connectivity index (χ2n) is 4.27. The van der Waals surface area contributed by atoms with Crippen molar-refractivity contribution in [3.05, 3.63) is 24.4 Å². The number of pyridine rings is 1. The molecular formula is C14H25N5. The molecule has 0 aliphatic rings. The minimum atomic E-state index is 0.888. The van der Waals surface area contributed by atoms with Crippen LogP contribution in [-0.2, 0) is 0 Å². The van der Waals surface area contributed by atoms with Crippen molar-refractivity contribution in [1.29, 1.82) is 0 Å². The Morgan fingerprint density at radius 2 is 1.95 bits per heavy atom. The van der Waals surface area contributed by atoms with Gasteiger partial charge in [0.1, 0.15) is 5.82 Å². The van der Waals surface area contributed by atoms with Gasteiger partial charge < -0.3 is 16.0 Å². The van der Waals surface area contributed by atoms with Gasteiger partial charge in [-0.2, -0.15) is 0 Å². The summed E-state index contributed by atoms with van der Waals surface area (Å²) in [4.78, 5) is 8.38. The lowest BCUT2D eigenvalue weighted by Crippen LogP contribution is -2.38. The largest absolute Gasteiger partial charge is 0.370 e. The summed E-state index contributed by atoms with van der Waals surface area (Å²) >= 11 is 0. The van der Waals surface area contributed by atoms with E-state index in [1.807, 2.05) is 18.2 Å². The SMILES string of the molecule is CCCNC(=NC)NCCCCNc1ccccn1. The number of nitrogens with zero attached hydrogens (tertiary/aromatic N) is 2. The minimum Gasteiger partial charge on any atom is -0.370 e. The number of aromatic nitrogens is 1. The van der Waals surface area contributed by atoms with E-state index in [4.69, 9.17) is 0 Å². The molecule has 0 bridgehead atoms. The molecule has 1 rings (SSSR count). The van der Waals surface area contributed by atoms with Gasteiger partial charge in [-0.05, 0) is 31.4 Å². The average Bonchev–Trinajstić information content (AvgIpc) is 2.47. The molecule has 1 aromatic rings. The first kappa shape index (κ1) is 15.3. The quantitative estimate of drug-likeness (QED) is 0.380. The van der Waals surface area contributed by atoms with Gasteiger partial charge >= 0.3 is 0 Å². The first-order valence-electron chi connectivity index (χ1n) is 6.96. The number of hydrogen-bond donors (Lipinski definition) is 3. The molecule has 5 heteroatoms. The topological polar surface area (TPSA) is 61.3 Å². The average molecular weight is 263 g/mol. The molecule has 0 atom stereocenters. The van der Waals surface area contributed by atoms with Gasteiger partial charge in [-0.1, -0.05) is 13.0 Å². The standard InChI is InChI=1S/C14H25N5/c1-3-9-18-14(15-2)19-12-7-6-11-17-13-8-4-5-10-16-13/h4-5,8,10H,3,6-7,9,11-12H2,1-2H3,(H,16,17)(H2,15,18,19). The Kier molecular flexibility index (Phi) is 8.18. The first-order chi connectivity index (χ1) is 9.36. The number of rotatable bonds is 8. The second kappa shape index (κ2) is 10.2. The van der Waals surface area contributed by atoms with E-state index >= 15 is 0 Å². The fourth-order valence-electron chi connectivity index (χ4n) is 1.60. The molecule has 0 aliphatic carbocycles. The van der Waals surface area contributed by atoms with Crippen LogP contribution in [0.4, 0.5) is 5.82 Å². The zero-order valence-electron chi connectivity index (χ0n) is 11.9. The Morgan fingerprint density at radius 3 is 2.63 bits per heavy atom. The minimum absolute atomic E-state index is 0.888. The van der Waals surface area contributed by atoms with Gasteiger partial charge in [0.25, 0.3) is 0 Å². The number of nitrogens with one attached hydrogen (secondary N) is 3. The molecule has 0 amide bonds. The monoisotopic (exact) mass is 263 g/mol. The van der Waals surface area contributed by atoms with Crippen molar-refractivity contribution in [3.8, 4) is 0 Å². The van der Waals surface area contributed by atoms with Crippen LogP contribution in [0.2, 0.25) is 0 Å². The van der Waals surface area contributed by atoms with E-state index in [-0.39, 0.29) is 0 Å². The van der Waals surface area contributed by atoms with Crippen LogP contribution in [0.25, 0.3) is 0 Å². The first-order valence-corrected chi connectivity index (χ1v) is 6.96. The van der Waals surface area contributed by atoms with Crippen LogP contribution in [0.1, 0.15) is 26.2 Å². The van der Waals surface area contributed by atoms with Gasteiger partial charge in [0.05, 0.1) is 0 Å². The maximum absolute atomic E-state index is 4.22. The summed E-state index contributed by atoms with van der Waals surface area (Å²) in [5.74, 6) is 1.83. The fourth-order valence-corrected chi connectivity index (χ4v) is 1.60. The molecule has 0 aromatic carbocycles. The van der Waals surface area contributed by atoms with Crippen LogP contribution in [0.5, 0.6) is 0 Å². The summed E-state index contributed by atoms with van der Waals surface area (Å²) in [6, 6.07) is 5.89. The van der Waals surface area contributed by atoms with Crippen LogP contribution in [0, 0.1) is 0 Å². The molecule has 0 aliphatic heterocycles. The smallest absolute Gasteiger partial charge is 0.190 e. The molecule has 1 aromatic heterocycles. The Bertz CT molecular complexity index is 350. The fraction of sp³-hybridized carbons (Fsp3) is 0.571. The summed E-state index contributed by atoms with van der Waals surface area (Å²) in [6.45, 7) is 4.98. The molecule has 0 fully saturated rings. The number of hydrogen-bond acceptors (Lipinski definition) is 3. The lowest BCUT2D eigenvalue weighted by atomic mass is 10.3. The maximum atomic E-state index is 4.22. The highest BCUT2D eigenvalue weighted by molar-refractivity contribution is 5.79. The van der Waals surface area contributed by atoms with Crippen molar-refractivity contribution in [1.82, 2.24) is 15.6 Å². The Morgan fingerprint density at radius 1 is 1.16 bits per heavy atom. The molecule has 5 nitrogen and oxygen atoms in total. The highest BCUT2D eigenvalue weighted by atomic mass is 15.2. The Hall–Kier alpha value is -1.78. The van der Waals surface area contributed by atoms with Gasteiger partial charge in [-0.25, -0.2) is 4.98 Å². The van der Waals surface area contributed by atoms with Gasteiger partial charge in [-0.3, -0.25) is 4.99 Å². The number of anilines is 1. The molecule has 1 heterocycles. The predicted octanol–water partition coefficient (Wildman–Crippen LogP) is 1.85. The maximum Gasteiger partial charge on any atom is 0.190 e. The van der Waals surface area contributed by atoms with Gasteiger partial charge in [0.2, 0.25) is 0 Å². The van der Waals surface area contributed by atoms with Crippen LogP contribution in [0.15, 0.2) is 29.4 Å². The van der Waals surface area contributed by atoms with Crippen molar-refractivity contribution < 1.29 is 0 Å². The molecule has 19 heavy (non-hydrogen) atoms. The van der Waals surface area contributed by atoms with Crippen molar-refractivity contribution in [2.75, 3.05) is 32.0 Å². The Labute approximate surface area is 115 Å². The van der Waals surface area contributed by atoms with Crippen LogP contribution < -0.4 is 16.0 Å². The zero-order valence-corrected chi connectivity index (χ0v) is 11.9. The molecule has 106 valence electrons. The van der Waals surface area contributed by atoms with E-state index in [9.17, 15) is 0 Å². The van der Waals surface area contributed by atoms with Crippen molar-refractivity contribution in [3.63, 3.8) is 0 Å². The lowest BCUT2D eigenvalue weighted by Gasteiger charge is -2.11. The highest BCUT2D eigenvalue weighted by Gasteiger charge is 1.95. The summed E-state index contributed by atoms with van der Waals surface area (Å²) < 4.78 is 0. The molecular weight excluding hydrogens is 238 g/mol. The molecule has 0 saturated heterocycles. The molecule has 0 radical (unpaired) electrons. The molecule has 0 spiro atoms. The summed E-state index contributed by atoms with van der Waals surface area (Å²) in [6.07, 6.45) is 5.11. The van der Waals surface area contributed by atoms with Gasteiger partial charge in [-0.15, -0.1) is 0 Å². The summed E-state index contributed by atoms with van der Waals surface area (Å²) in [7, 11) is 1.80. The Balaban J connectivity index is 2.02. The van der Waals surface area contributed by atoms with E-state index < -0.39 is 0 Å². The summed E-state index contributed by atoms with van der Waals surface area (Å²) in [5, 5.41) is 9.84. The van der Waals surface area contributed by atoms with E-state index in [1.54, 1.807) is 13.2 Å². The second-order valence-corrected chi connectivity index (χ2v) is 4.27. The molecule has 0 unspecified atom stereocenters. The highest BCUT2D eigenvalue weighted by Crippen LogP contribution is 1.99. The third-order valence-electron chi connectivity index (χ3n) is 2.63. The number of unbranched alkanes of at least 4 members (excludes halogenated alkanes) is 1. The van der Waals surface area contributed by atoms with Crippen LogP contribution in [0.3, 0.4) is 0 Å². The third kappa shape index (κ3) is 7.28. The van der Waals surface area contributed by atoms with Crippen molar-refractivity contribution in [2.24, 2.45) is 4.99 Å². The van der Waals surface area contributed by atoms with Gasteiger partial charge in [0, 0.05) is 32.9 Å². The van der Waals surface area contributed by atoms with Gasteiger partial charge in [0.15, 0.2) is 5.96 Å². The predicted molar refractivity (Wildman–Crippen MR) is 81.6 cm³/mol. The summed E-state index contributed by atoms with van der Waals surface area (Å²) in [5.41, 5.74) is 0. The lowest BCUT2D eigenvalue weighted by molar-refractivity contribution is 0.708. The van der Waals surface area contributed by atoms with E-state index in [0.717, 1.165) is 50.7 Å². The van der Waals surface area contributed by atoms with Crippen molar-refractivity contribution >= 4 is 11.8 Å². The zero-order chi connectivity index (χ0) is 13.8. The van der Waals surface area contributed by atoms with E-state index in [1.165, 1.54) is 0 Å². The number of aliphatic imine (C=N–C) groups is 1. The number of guanidine groups is 1. The molecule has 3 N–H and O–H groups in total. The molecule has 0 saturated carbocycles.